The number of carbonyl (C=O) groups excluding carboxylic acids is 1. The van der Waals surface area contributed by atoms with E-state index in [-0.39, 0.29) is 23.0 Å². The van der Waals surface area contributed by atoms with Crippen molar-refractivity contribution in [1.29, 1.82) is 0 Å². The molecule has 1 unspecified atom stereocenters. The monoisotopic (exact) mass is 346 g/mol. The maximum Gasteiger partial charge on any atom is 0.317 e. The molecule has 6 nitrogen and oxygen atoms in total. The number of likely N-dealkylation sites (tertiary alicyclic amines) is 1. The fraction of sp³-hybridized carbons (Fsp3) is 0.737. The second kappa shape index (κ2) is 7.18. The van der Waals surface area contributed by atoms with Crippen molar-refractivity contribution in [1.82, 2.24) is 20.0 Å². The molecule has 1 saturated heterocycles. The summed E-state index contributed by atoms with van der Waals surface area (Å²) >= 11 is 0. The van der Waals surface area contributed by atoms with Crippen LogP contribution in [0, 0.1) is 0 Å². The molecule has 1 N–H and O–H groups in total. The Morgan fingerprint density at radius 3 is 2.60 bits per heavy atom. The Morgan fingerprint density at radius 1 is 1.20 bits per heavy atom. The molecular formula is C19H30N4O2. The van der Waals surface area contributed by atoms with Crippen LogP contribution in [0.5, 0.6) is 0 Å². The predicted molar refractivity (Wildman–Crippen MR) is 97.7 cm³/mol. The van der Waals surface area contributed by atoms with Gasteiger partial charge in [-0.1, -0.05) is 33.6 Å². The van der Waals surface area contributed by atoms with E-state index in [4.69, 9.17) is 0 Å². The predicted octanol–water partition coefficient (Wildman–Crippen LogP) is 2.66. The van der Waals surface area contributed by atoms with Crippen molar-refractivity contribution in [3.63, 3.8) is 0 Å². The number of urea groups is 1. The van der Waals surface area contributed by atoms with Gasteiger partial charge in [0.2, 0.25) is 0 Å². The van der Waals surface area contributed by atoms with E-state index in [0.717, 1.165) is 37.9 Å². The highest BCUT2D eigenvalue weighted by Gasteiger charge is 2.31. The Kier molecular flexibility index (Phi) is 5.16. The maximum atomic E-state index is 12.6. The first kappa shape index (κ1) is 18.0. The Bertz CT molecular complexity index is 671. The van der Waals surface area contributed by atoms with E-state index in [0.29, 0.717) is 12.6 Å². The lowest BCUT2D eigenvalue weighted by Gasteiger charge is -2.27. The number of nitrogens with zero attached hydrogens (tertiary/aromatic N) is 3. The van der Waals surface area contributed by atoms with Gasteiger partial charge < -0.3 is 10.2 Å². The zero-order valence-electron chi connectivity index (χ0n) is 15.6. The molecule has 3 rings (SSSR count). The first-order valence-electron chi connectivity index (χ1n) is 9.50. The number of rotatable bonds is 3. The highest BCUT2D eigenvalue weighted by molar-refractivity contribution is 5.75. The molecule has 0 aromatic carbocycles. The fourth-order valence-electron chi connectivity index (χ4n) is 3.80. The van der Waals surface area contributed by atoms with Crippen LogP contribution >= 0.6 is 0 Å². The molecule has 0 spiro atoms. The molecule has 0 radical (unpaired) electrons. The average Bonchev–Trinajstić information content (AvgIpc) is 3.19. The van der Waals surface area contributed by atoms with Gasteiger partial charge in [0.1, 0.15) is 0 Å². The summed E-state index contributed by atoms with van der Waals surface area (Å²) in [5.74, 6) is 0. The smallest absolute Gasteiger partial charge is 0.317 e. The normalized spacial score (nSPS) is 21.7. The highest BCUT2D eigenvalue weighted by Crippen LogP contribution is 2.22. The van der Waals surface area contributed by atoms with Gasteiger partial charge in [0.15, 0.2) is 0 Å². The largest absolute Gasteiger partial charge is 0.335 e. The summed E-state index contributed by atoms with van der Waals surface area (Å²) in [6.45, 7) is 7.49. The van der Waals surface area contributed by atoms with Gasteiger partial charge in [0.05, 0.1) is 18.3 Å². The van der Waals surface area contributed by atoms with Crippen LogP contribution in [-0.4, -0.2) is 39.3 Å². The van der Waals surface area contributed by atoms with Crippen molar-refractivity contribution >= 4 is 6.03 Å². The fourth-order valence-corrected chi connectivity index (χ4v) is 3.80. The van der Waals surface area contributed by atoms with Crippen molar-refractivity contribution in [2.75, 3.05) is 6.54 Å². The first-order valence-corrected chi connectivity index (χ1v) is 9.50. The van der Waals surface area contributed by atoms with Crippen LogP contribution in [0.1, 0.15) is 65.0 Å². The van der Waals surface area contributed by atoms with E-state index in [1.165, 1.54) is 17.5 Å². The number of amides is 2. The lowest BCUT2D eigenvalue weighted by atomic mass is 9.92. The average molecular weight is 346 g/mol. The highest BCUT2D eigenvalue weighted by atomic mass is 16.2. The van der Waals surface area contributed by atoms with Gasteiger partial charge in [-0.25, -0.2) is 9.48 Å². The van der Waals surface area contributed by atoms with Crippen LogP contribution in [0.25, 0.3) is 0 Å². The molecule has 1 aliphatic heterocycles. The summed E-state index contributed by atoms with van der Waals surface area (Å²) in [5, 5.41) is 7.72. The minimum Gasteiger partial charge on any atom is -0.335 e. The van der Waals surface area contributed by atoms with E-state index in [2.05, 4.69) is 31.2 Å². The van der Waals surface area contributed by atoms with Gasteiger partial charge in [-0.2, -0.15) is 5.10 Å². The lowest BCUT2D eigenvalue weighted by Crippen LogP contribution is -2.48. The molecule has 1 atom stereocenters. The lowest BCUT2D eigenvalue weighted by molar-refractivity contribution is 0.181. The van der Waals surface area contributed by atoms with Gasteiger partial charge in [-0.15, -0.1) is 0 Å². The second-order valence-electron chi connectivity index (χ2n) is 8.41. The molecule has 2 aliphatic rings. The summed E-state index contributed by atoms with van der Waals surface area (Å²) in [4.78, 5) is 26.7. The van der Waals surface area contributed by atoms with Crippen LogP contribution in [0.2, 0.25) is 0 Å². The Labute approximate surface area is 149 Å². The van der Waals surface area contributed by atoms with Crippen molar-refractivity contribution in [3.05, 3.63) is 28.2 Å². The summed E-state index contributed by atoms with van der Waals surface area (Å²) in [6, 6.07) is 3.78. The number of hydrogen-bond donors (Lipinski definition) is 1. The quantitative estimate of drug-likeness (QED) is 0.915. The molecule has 1 aromatic rings. The van der Waals surface area contributed by atoms with Gasteiger partial charge in [-0.05, 0) is 31.7 Å². The number of nitrogens with one attached hydrogen (secondary N) is 1. The van der Waals surface area contributed by atoms with Gasteiger partial charge >= 0.3 is 6.03 Å². The SMILES string of the molecule is CC(C)(C)c1ccc(=O)n(CC2CCCN2C(=O)NC2CCCC2)n1. The molecule has 2 fully saturated rings. The standard InChI is InChI=1S/C19H30N4O2/c1-19(2,3)16-10-11-17(24)23(21-16)13-15-9-6-12-22(15)18(25)20-14-7-4-5-8-14/h10-11,14-15H,4-9,12-13H2,1-3H3,(H,20,25). The summed E-state index contributed by atoms with van der Waals surface area (Å²) in [5.41, 5.74) is 0.688. The maximum absolute atomic E-state index is 12.6. The Hall–Kier alpha value is -1.85. The molecular weight excluding hydrogens is 316 g/mol. The summed E-state index contributed by atoms with van der Waals surface area (Å²) in [7, 11) is 0. The zero-order chi connectivity index (χ0) is 18.0. The van der Waals surface area contributed by atoms with Crippen LogP contribution in [0.3, 0.4) is 0 Å². The van der Waals surface area contributed by atoms with Crippen molar-refractivity contribution in [2.24, 2.45) is 0 Å². The summed E-state index contributed by atoms with van der Waals surface area (Å²) < 4.78 is 1.53. The van der Waals surface area contributed by atoms with Gasteiger partial charge in [0, 0.05) is 24.1 Å². The third kappa shape index (κ3) is 4.22. The topological polar surface area (TPSA) is 67.2 Å². The molecule has 2 amide bonds. The van der Waals surface area contributed by atoms with Crippen molar-refractivity contribution < 1.29 is 4.79 Å². The minimum absolute atomic E-state index is 0.0226. The second-order valence-corrected chi connectivity index (χ2v) is 8.41. The van der Waals surface area contributed by atoms with E-state index in [1.807, 2.05) is 4.90 Å². The third-order valence-corrected chi connectivity index (χ3v) is 5.34. The molecule has 6 heteroatoms. The van der Waals surface area contributed by atoms with E-state index < -0.39 is 0 Å². The van der Waals surface area contributed by atoms with Crippen molar-refractivity contribution in [2.45, 2.75) is 83.3 Å². The van der Waals surface area contributed by atoms with Crippen LogP contribution in [0.4, 0.5) is 4.79 Å². The van der Waals surface area contributed by atoms with E-state index in [1.54, 1.807) is 12.1 Å². The molecule has 1 aliphatic carbocycles. The van der Waals surface area contributed by atoms with Crippen LogP contribution in [-0.2, 0) is 12.0 Å². The van der Waals surface area contributed by atoms with Crippen molar-refractivity contribution in [3.8, 4) is 0 Å². The molecule has 2 heterocycles. The zero-order valence-corrected chi connectivity index (χ0v) is 15.6. The molecule has 1 aromatic heterocycles. The first-order chi connectivity index (χ1) is 11.8. The number of carbonyl (C=O) groups is 1. The van der Waals surface area contributed by atoms with E-state index in [9.17, 15) is 9.59 Å². The van der Waals surface area contributed by atoms with E-state index >= 15 is 0 Å². The van der Waals surface area contributed by atoms with Crippen LogP contribution in [0.15, 0.2) is 16.9 Å². The van der Waals surface area contributed by atoms with Crippen LogP contribution < -0.4 is 10.9 Å². The molecule has 138 valence electrons. The Balaban J connectivity index is 1.71. The summed E-state index contributed by atoms with van der Waals surface area (Å²) in [6.07, 6.45) is 6.47. The van der Waals surface area contributed by atoms with Gasteiger partial charge in [-0.3, -0.25) is 4.79 Å². The number of hydrogen-bond acceptors (Lipinski definition) is 3. The third-order valence-electron chi connectivity index (χ3n) is 5.34. The molecule has 0 bridgehead atoms. The minimum atomic E-state index is -0.106. The Morgan fingerprint density at radius 2 is 1.92 bits per heavy atom. The molecule has 1 saturated carbocycles. The molecule has 25 heavy (non-hydrogen) atoms. The van der Waals surface area contributed by atoms with Gasteiger partial charge in [0.25, 0.3) is 5.56 Å². The number of aromatic nitrogens is 2.